The van der Waals surface area contributed by atoms with Crippen LogP contribution < -0.4 is 15.6 Å². The van der Waals surface area contributed by atoms with Crippen molar-refractivity contribution in [1.82, 2.24) is 4.98 Å². The van der Waals surface area contributed by atoms with Gasteiger partial charge in [0.15, 0.2) is 5.78 Å². The van der Waals surface area contributed by atoms with Crippen molar-refractivity contribution < 1.29 is 27.5 Å². The minimum Gasteiger partial charge on any atom is -0.497 e. The summed E-state index contributed by atoms with van der Waals surface area (Å²) in [5, 5.41) is 2.14. The summed E-state index contributed by atoms with van der Waals surface area (Å²) in [5.74, 6) is -0.777. The van der Waals surface area contributed by atoms with Crippen LogP contribution in [-0.2, 0) is 12.6 Å². The van der Waals surface area contributed by atoms with Crippen LogP contribution in [0.1, 0.15) is 49.9 Å². The topological polar surface area (TPSA) is 88.3 Å². The Morgan fingerprint density at radius 1 is 1.06 bits per heavy atom. The molecule has 1 aliphatic rings. The highest BCUT2D eigenvalue weighted by Gasteiger charge is 2.34. The van der Waals surface area contributed by atoms with Gasteiger partial charge in [0, 0.05) is 17.7 Å². The lowest BCUT2D eigenvalue weighted by Crippen LogP contribution is -2.29. The molecule has 33 heavy (non-hydrogen) atoms. The number of rotatable bonds is 4. The fraction of sp³-hybridized carbons (Fsp3) is 0.208. The molecule has 0 radical (unpaired) electrons. The van der Waals surface area contributed by atoms with Crippen LogP contribution >= 0.6 is 0 Å². The van der Waals surface area contributed by atoms with Crippen LogP contribution in [0.25, 0.3) is 0 Å². The van der Waals surface area contributed by atoms with E-state index in [4.69, 9.17) is 4.74 Å². The summed E-state index contributed by atoms with van der Waals surface area (Å²) in [4.78, 5) is 40.6. The molecule has 1 heterocycles. The van der Waals surface area contributed by atoms with E-state index in [0.717, 1.165) is 23.8 Å². The second kappa shape index (κ2) is 8.57. The first kappa shape index (κ1) is 22.3. The van der Waals surface area contributed by atoms with Crippen LogP contribution in [0.2, 0.25) is 0 Å². The van der Waals surface area contributed by atoms with Gasteiger partial charge in [0.05, 0.1) is 18.4 Å². The molecule has 1 aliphatic carbocycles. The number of para-hydroxylation sites is 1. The van der Waals surface area contributed by atoms with Crippen molar-refractivity contribution in [3.63, 3.8) is 0 Å². The fourth-order valence-electron chi connectivity index (χ4n) is 3.94. The van der Waals surface area contributed by atoms with Crippen molar-refractivity contribution in [3.8, 4) is 5.75 Å². The fourth-order valence-corrected chi connectivity index (χ4v) is 3.94. The van der Waals surface area contributed by atoms with Crippen LogP contribution in [0.3, 0.4) is 0 Å². The SMILES string of the molecule is COc1ccc([C@H]2CC(=O)c3cc(C(=O)Nc4ccccc4C(F)(F)F)c(=O)[nH]c3C2)cc1. The summed E-state index contributed by atoms with van der Waals surface area (Å²) in [7, 11) is 1.55. The van der Waals surface area contributed by atoms with E-state index < -0.39 is 34.5 Å². The Kier molecular flexibility index (Phi) is 5.80. The number of nitrogens with one attached hydrogen (secondary N) is 2. The molecule has 9 heteroatoms. The molecule has 170 valence electrons. The van der Waals surface area contributed by atoms with Gasteiger partial charge in [-0.2, -0.15) is 13.2 Å². The minimum absolute atomic E-state index is 0.162. The van der Waals surface area contributed by atoms with Crippen molar-refractivity contribution in [1.29, 1.82) is 0 Å². The number of amides is 1. The van der Waals surface area contributed by atoms with Crippen molar-refractivity contribution in [2.24, 2.45) is 0 Å². The number of anilines is 1. The third kappa shape index (κ3) is 4.52. The average Bonchev–Trinajstić information content (AvgIpc) is 2.78. The zero-order chi connectivity index (χ0) is 23.8. The number of alkyl halides is 3. The third-order valence-corrected chi connectivity index (χ3v) is 5.62. The number of ether oxygens (including phenoxy) is 1. The van der Waals surface area contributed by atoms with Crippen LogP contribution in [0.5, 0.6) is 5.75 Å². The lowest BCUT2D eigenvalue weighted by molar-refractivity contribution is -0.136. The smallest absolute Gasteiger partial charge is 0.418 e. The molecule has 1 amide bonds. The molecular weight excluding hydrogens is 437 g/mol. The largest absolute Gasteiger partial charge is 0.497 e. The Hall–Kier alpha value is -3.88. The Morgan fingerprint density at radius 3 is 2.42 bits per heavy atom. The number of aromatic amines is 1. The number of Topliss-reactive ketones (excluding diaryl/α,β-unsaturated/α-hetero) is 1. The normalized spacial score (nSPS) is 15.6. The lowest BCUT2D eigenvalue weighted by atomic mass is 9.81. The van der Waals surface area contributed by atoms with Gasteiger partial charge in [0.1, 0.15) is 11.3 Å². The van der Waals surface area contributed by atoms with E-state index in [-0.39, 0.29) is 23.7 Å². The summed E-state index contributed by atoms with van der Waals surface area (Å²) in [6.45, 7) is 0. The second-order valence-electron chi connectivity index (χ2n) is 7.70. The molecule has 6 nitrogen and oxygen atoms in total. The van der Waals surface area contributed by atoms with E-state index in [1.54, 1.807) is 19.2 Å². The zero-order valence-electron chi connectivity index (χ0n) is 17.5. The highest BCUT2D eigenvalue weighted by molar-refractivity contribution is 6.07. The Labute approximate surface area is 186 Å². The zero-order valence-corrected chi connectivity index (χ0v) is 17.5. The Balaban J connectivity index is 1.61. The summed E-state index contributed by atoms with van der Waals surface area (Å²) in [5.41, 5.74) is -1.23. The van der Waals surface area contributed by atoms with Gasteiger partial charge in [-0.1, -0.05) is 24.3 Å². The van der Waals surface area contributed by atoms with Gasteiger partial charge in [0.2, 0.25) is 0 Å². The first-order valence-electron chi connectivity index (χ1n) is 10.1. The first-order chi connectivity index (χ1) is 15.7. The molecule has 0 spiro atoms. The highest BCUT2D eigenvalue weighted by atomic mass is 19.4. The molecule has 0 unspecified atom stereocenters. The molecule has 0 saturated heterocycles. The van der Waals surface area contributed by atoms with Gasteiger partial charge in [0.25, 0.3) is 11.5 Å². The monoisotopic (exact) mass is 456 g/mol. The maximum absolute atomic E-state index is 13.2. The van der Waals surface area contributed by atoms with E-state index in [1.807, 2.05) is 12.1 Å². The molecule has 2 N–H and O–H groups in total. The highest BCUT2D eigenvalue weighted by Crippen LogP contribution is 2.35. The second-order valence-corrected chi connectivity index (χ2v) is 7.70. The van der Waals surface area contributed by atoms with Crippen LogP contribution in [0.4, 0.5) is 18.9 Å². The number of carbonyl (C=O) groups is 2. The van der Waals surface area contributed by atoms with Crippen molar-refractivity contribution in [2.75, 3.05) is 12.4 Å². The molecule has 0 aliphatic heterocycles. The number of ketones is 1. The molecule has 2 aromatic carbocycles. The number of carbonyl (C=O) groups excluding carboxylic acids is 2. The predicted molar refractivity (Wildman–Crippen MR) is 115 cm³/mol. The molecule has 1 aromatic heterocycles. The minimum atomic E-state index is -4.68. The molecule has 3 aromatic rings. The molecule has 0 saturated carbocycles. The van der Waals surface area contributed by atoms with E-state index in [2.05, 4.69) is 10.3 Å². The third-order valence-electron chi connectivity index (χ3n) is 5.62. The number of hydrogen-bond acceptors (Lipinski definition) is 4. The number of benzene rings is 2. The summed E-state index contributed by atoms with van der Waals surface area (Å²) < 4.78 is 44.8. The summed E-state index contributed by atoms with van der Waals surface area (Å²) in [6.07, 6.45) is -4.14. The number of hydrogen-bond donors (Lipinski definition) is 2. The number of methoxy groups -OCH3 is 1. The van der Waals surface area contributed by atoms with E-state index in [9.17, 15) is 27.6 Å². The number of pyridine rings is 1. The summed E-state index contributed by atoms with van der Waals surface area (Å²) in [6, 6.07) is 12.9. The standard InChI is InChI=1S/C24H19F3N2O4/c1-33-15-8-6-13(7-9-15)14-10-20-16(21(30)11-14)12-17(23(32)29-20)22(31)28-19-5-3-2-4-18(19)24(25,26)27/h2-9,12,14H,10-11H2,1H3,(H,28,31)(H,29,32)/t14-/m1/s1. The van der Waals surface area contributed by atoms with Gasteiger partial charge >= 0.3 is 6.18 Å². The molecule has 1 atom stereocenters. The number of halogens is 3. The van der Waals surface area contributed by atoms with Crippen LogP contribution in [0, 0.1) is 0 Å². The first-order valence-corrected chi connectivity index (χ1v) is 10.1. The van der Waals surface area contributed by atoms with Gasteiger partial charge < -0.3 is 15.0 Å². The number of H-pyrrole nitrogens is 1. The van der Waals surface area contributed by atoms with E-state index in [0.29, 0.717) is 17.9 Å². The van der Waals surface area contributed by atoms with E-state index in [1.165, 1.54) is 12.1 Å². The van der Waals surface area contributed by atoms with Gasteiger partial charge in [-0.05, 0) is 48.2 Å². The Morgan fingerprint density at radius 2 is 1.76 bits per heavy atom. The summed E-state index contributed by atoms with van der Waals surface area (Å²) >= 11 is 0. The lowest BCUT2D eigenvalue weighted by Gasteiger charge is -2.24. The number of fused-ring (bicyclic) bond motifs is 1. The van der Waals surface area contributed by atoms with Crippen molar-refractivity contribution in [2.45, 2.75) is 24.9 Å². The Bertz CT molecular complexity index is 1280. The average molecular weight is 456 g/mol. The molecule has 4 rings (SSSR count). The van der Waals surface area contributed by atoms with E-state index >= 15 is 0 Å². The molecule has 0 bridgehead atoms. The number of aromatic nitrogens is 1. The maximum atomic E-state index is 13.2. The van der Waals surface area contributed by atoms with Crippen LogP contribution in [0.15, 0.2) is 59.4 Å². The molecule has 0 fully saturated rings. The van der Waals surface area contributed by atoms with Crippen molar-refractivity contribution in [3.05, 3.63) is 92.9 Å². The van der Waals surface area contributed by atoms with Crippen LogP contribution in [-0.4, -0.2) is 23.8 Å². The maximum Gasteiger partial charge on any atom is 0.418 e. The van der Waals surface area contributed by atoms with Gasteiger partial charge in [-0.15, -0.1) is 0 Å². The van der Waals surface area contributed by atoms with Crippen molar-refractivity contribution >= 4 is 17.4 Å². The van der Waals surface area contributed by atoms with Gasteiger partial charge in [-0.3, -0.25) is 14.4 Å². The molecular formula is C24H19F3N2O4. The van der Waals surface area contributed by atoms with Gasteiger partial charge in [-0.25, -0.2) is 0 Å². The predicted octanol–water partition coefficient (Wildman–Crippen LogP) is 4.57. The quantitative estimate of drug-likeness (QED) is 0.602.